The third kappa shape index (κ3) is 3.80. The van der Waals surface area contributed by atoms with Crippen LogP contribution in [0.3, 0.4) is 0 Å². The second-order valence-electron chi connectivity index (χ2n) is 7.12. The minimum atomic E-state index is -0.250. The maximum absolute atomic E-state index is 13.2. The van der Waals surface area contributed by atoms with Crippen LogP contribution in [0.15, 0.2) is 51.6 Å². The number of carbonyl (C=O) groups excluding carboxylic acids is 1. The molecule has 1 amide bonds. The van der Waals surface area contributed by atoms with Crippen molar-refractivity contribution in [3.8, 4) is 0 Å². The second-order valence-corrected chi connectivity index (χ2v) is 7.97. The van der Waals surface area contributed by atoms with E-state index >= 15 is 0 Å². The van der Waals surface area contributed by atoms with Crippen molar-refractivity contribution in [2.75, 3.05) is 5.32 Å². The van der Waals surface area contributed by atoms with E-state index < -0.39 is 0 Å². The number of amides is 1. The van der Waals surface area contributed by atoms with Gasteiger partial charge in [0, 0.05) is 16.2 Å². The van der Waals surface area contributed by atoms with Crippen molar-refractivity contribution in [3.05, 3.63) is 69.6 Å². The Morgan fingerprint density at radius 1 is 1.28 bits per heavy atom. The van der Waals surface area contributed by atoms with Crippen LogP contribution < -0.4 is 5.32 Å². The summed E-state index contributed by atoms with van der Waals surface area (Å²) in [5, 5.41) is 11.9. The molecule has 0 radical (unpaired) electrons. The lowest BCUT2D eigenvalue weighted by atomic mass is 10.0. The van der Waals surface area contributed by atoms with Gasteiger partial charge in [-0.1, -0.05) is 53.1 Å². The number of aromatic nitrogens is 4. The van der Waals surface area contributed by atoms with Gasteiger partial charge in [0.25, 0.3) is 11.6 Å². The van der Waals surface area contributed by atoms with Crippen molar-refractivity contribution >= 4 is 38.8 Å². The van der Waals surface area contributed by atoms with Gasteiger partial charge in [0.1, 0.15) is 5.82 Å². The number of hydrogen-bond donors (Lipinski definition) is 1. The van der Waals surface area contributed by atoms with Crippen LogP contribution in [-0.4, -0.2) is 25.8 Å². The van der Waals surface area contributed by atoms with Gasteiger partial charge < -0.3 is 9.84 Å². The number of pyridine rings is 1. The lowest BCUT2D eigenvalue weighted by molar-refractivity contribution is 0.102. The molecule has 3 heterocycles. The summed E-state index contributed by atoms with van der Waals surface area (Å²) in [6.45, 7) is 6.37. The fourth-order valence-electron chi connectivity index (χ4n) is 3.13. The zero-order chi connectivity index (χ0) is 20.5. The van der Waals surface area contributed by atoms with E-state index in [1.54, 1.807) is 29.9 Å². The Morgan fingerprint density at radius 2 is 2.07 bits per heavy atom. The maximum Gasteiger partial charge on any atom is 0.259 e. The average molecular weight is 454 g/mol. The summed E-state index contributed by atoms with van der Waals surface area (Å²) in [4.78, 5) is 17.7. The van der Waals surface area contributed by atoms with Gasteiger partial charge in [-0.05, 0) is 30.5 Å². The number of hydrogen-bond acceptors (Lipinski definition) is 5. The van der Waals surface area contributed by atoms with E-state index in [0.29, 0.717) is 34.7 Å². The maximum atomic E-state index is 13.2. The predicted molar refractivity (Wildman–Crippen MR) is 114 cm³/mol. The first-order valence-corrected chi connectivity index (χ1v) is 10.1. The molecular formula is C21H20BrN5O2. The van der Waals surface area contributed by atoms with Crippen LogP contribution >= 0.6 is 15.9 Å². The standard InChI is InChI=1S/C21H20BrN5O2/c1-12(2)17-10-15(19-13(3)26-29-21(19)24-17)20(28)25-18-8-9-23-27(18)11-14-6-4-5-7-16(14)22/h4-10,12H,11H2,1-3H3,(H,25,28). The number of carbonyl (C=O) groups is 1. The van der Waals surface area contributed by atoms with Crippen molar-refractivity contribution in [3.63, 3.8) is 0 Å². The minimum absolute atomic E-state index is 0.150. The number of halogens is 1. The van der Waals surface area contributed by atoms with E-state index in [9.17, 15) is 4.79 Å². The summed E-state index contributed by atoms with van der Waals surface area (Å²) < 4.78 is 8.06. The van der Waals surface area contributed by atoms with E-state index in [0.717, 1.165) is 15.7 Å². The number of aryl methyl sites for hydroxylation is 1. The molecule has 0 aliphatic heterocycles. The number of nitrogens with one attached hydrogen (secondary N) is 1. The van der Waals surface area contributed by atoms with Gasteiger partial charge in [0.05, 0.1) is 29.4 Å². The molecule has 3 aromatic heterocycles. The molecule has 0 fully saturated rings. The van der Waals surface area contributed by atoms with Crippen LogP contribution in [0.25, 0.3) is 11.1 Å². The van der Waals surface area contributed by atoms with E-state index in [4.69, 9.17) is 4.52 Å². The smallest absolute Gasteiger partial charge is 0.259 e. The molecule has 0 spiro atoms. The summed E-state index contributed by atoms with van der Waals surface area (Å²) >= 11 is 3.55. The van der Waals surface area contributed by atoms with Crippen LogP contribution in [0, 0.1) is 6.92 Å². The zero-order valence-electron chi connectivity index (χ0n) is 16.3. The van der Waals surface area contributed by atoms with E-state index in [2.05, 4.69) is 36.5 Å². The van der Waals surface area contributed by atoms with Crippen LogP contribution in [0.2, 0.25) is 0 Å². The highest BCUT2D eigenvalue weighted by atomic mass is 79.9. The normalized spacial score (nSPS) is 11.3. The molecule has 0 saturated heterocycles. The molecule has 0 atom stereocenters. The first-order chi connectivity index (χ1) is 13.9. The predicted octanol–water partition coefficient (Wildman–Crippen LogP) is 4.91. The summed E-state index contributed by atoms with van der Waals surface area (Å²) in [6.07, 6.45) is 1.67. The highest BCUT2D eigenvalue weighted by molar-refractivity contribution is 9.10. The van der Waals surface area contributed by atoms with Crippen LogP contribution in [0.1, 0.15) is 47.1 Å². The summed E-state index contributed by atoms with van der Waals surface area (Å²) in [5.74, 6) is 0.507. The SMILES string of the molecule is Cc1noc2nc(C(C)C)cc(C(=O)Nc3ccnn3Cc3ccccc3Br)c12. The molecule has 0 aliphatic rings. The average Bonchev–Trinajstić information content (AvgIpc) is 3.29. The number of benzene rings is 1. The Morgan fingerprint density at radius 3 is 2.83 bits per heavy atom. The molecule has 7 nitrogen and oxygen atoms in total. The van der Waals surface area contributed by atoms with Crippen molar-refractivity contribution in [2.45, 2.75) is 33.2 Å². The Hall–Kier alpha value is -3.00. The summed E-state index contributed by atoms with van der Waals surface area (Å²) in [7, 11) is 0. The third-order valence-corrected chi connectivity index (χ3v) is 5.48. The van der Waals surface area contributed by atoms with E-state index in [1.165, 1.54) is 0 Å². The first kappa shape index (κ1) is 19.3. The molecule has 8 heteroatoms. The molecular weight excluding hydrogens is 434 g/mol. The van der Waals surface area contributed by atoms with Crippen LogP contribution in [0.5, 0.6) is 0 Å². The highest BCUT2D eigenvalue weighted by Crippen LogP contribution is 2.26. The summed E-state index contributed by atoms with van der Waals surface area (Å²) in [5.41, 5.74) is 3.34. The van der Waals surface area contributed by atoms with Gasteiger partial charge in [-0.3, -0.25) is 4.79 Å². The molecule has 1 aromatic carbocycles. The molecule has 0 aliphatic carbocycles. The van der Waals surface area contributed by atoms with Crippen molar-refractivity contribution in [2.24, 2.45) is 0 Å². The molecule has 1 N–H and O–H groups in total. The topological polar surface area (TPSA) is 85.8 Å². The summed E-state index contributed by atoms with van der Waals surface area (Å²) in [6, 6.07) is 11.5. The number of fused-ring (bicyclic) bond motifs is 1. The third-order valence-electron chi connectivity index (χ3n) is 4.71. The van der Waals surface area contributed by atoms with Crippen LogP contribution in [-0.2, 0) is 6.54 Å². The Kier molecular flexibility index (Phi) is 5.19. The molecule has 0 unspecified atom stereocenters. The number of nitrogens with zero attached hydrogens (tertiary/aromatic N) is 4. The Labute approximate surface area is 176 Å². The minimum Gasteiger partial charge on any atom is -0.336 e. The fourth-order valence-corrected chi connectivity index (χ4v) is 3.54. The van der Waals surface area contributed by atoms with E-state index in [-0.39, 0.29) is 11.8 Å². The molecule has 148 valence electrons. The monoisotopic (exact) mass is 453 g/mol. The number of anilines is 1. The van der Waals surface area contributed by atoms with Crippen molar-refractivity contribution in [1.82, 2.24) is 19.9 Å². The van der Waals surface area contributed by atoms with E-state index in [1.807, 2.05) is 38.1 Å². The largest absolute Gasteiger partial charge is 0.336 e. The zero-order valence-corrected chi connectivity index (χ0v) is 17.9. The van der Waals surface area contributed by atoms with Gasteiger partial charge in [0.2, 0.25) is 0 Å². The lowest BCUT2D eigenvalue weighted by Crippen LogP contribution is -2.17. The van der Waals surface area contributed by atoms with Crippen molar-refractivity contribution in [1.29, 1.82) is 0 Å². The van der Waals surface area contributed by atoms with Gasteiger partial charge in [0.15, 0.2) is 0 Å². The number of rotatable bonds is 5. The van der Waals surface area contributed by atoms with Gasteiger partial charge in [-0.25, -0.2) is 9.67 Å². The van der Waals surface area contributed by atoms with Crippen LogP contribution in [0.4, 0.5) is 5.82 Å². The van der Waals surface area contributed by atoms with Gasteiger partial charge >= 0.3 is 0 Å². The second kappa shape index (κ2) is 7.79. The highest BCUT2D eigenvalue weighted by Gasteiger charge is 2.21. The molecule has 0 bridgehead atoms. The molecule has 29 heavy (non-hydrogen) atoms. The first-order valence-electron chi connectivity index (χ1n) is 9.27. The molecule has 4 aromatic rings. The fraction of sp³-hybridized carbons (Fsp3) is 0.238. The van der Waals surface area contributed by atoms with Gasteiger partial charge in [-0.2, -0.15) is 5.10 Å². The Balaban J connectivity index is 1.67. The Bertz CT molecular complexity index is 1190. The lowest BCUT2D eigenvalue weighted by Gasteiger charge is -2.12. The van der Waals surface area contributed by atoms with Crippen molar-refractivity contribution < 1.29 is 9.32 Å². The van der Waals surface area contributed by atoms with Gasteiger partial charge in [-0.15, -0.1) is 0 Å². The molecule has 4 rings (SSSR count). The molecule has 0 saturated carbocycles. The quantitative estimate of drug-likeness (QED) is 0.463.